The third kappa shape index (κ3) is 2.79. The summed E-state index contributed by atoms with van der Waals surface area (Å²) >= 11 is 0. The smallest absolute Gasteiger partial charge is 0.0664 e. The predicted molar refractivity (Wildman–Crippen MR) is 48.1 cm³/mol. The maximum absolute atomic E-state index is 11.2. The Kier molecular flexibility index (Phi) is 2.25. The van der Waals surface area contributed by atoms with Gasteiger partial charge in [-0.15, -0.1) is 0 Å². The molecule has 0 aromatic carbocycles. The van der Waals surface area contributed by atoms with Gasteiger partial charge in [0.1, 0.15) is 0 Å². The van der Waals surface area contributed by atoms with Crippen LogP contribution in [0.5, 0.6) is 0 Å². The van der Waals surface area contributed by atoms with Crippen molar-refractivity contribution in [3.63, 3.8) is 0 Å². The van der Waals surface area contributed by atoms with Crippen LogP contribution in [0.25, 0.3) is 0 Å². The molecule has 0 unspecified atom stereocenters. The van der Waals surface area contributed by atoms with Crippen molar-refractivity contribution < 1.29 is 4.21 Å². The van der Waals surface area contributed by atoms with Gasteiger partial charge < -0.3 is 5.73 Å². The average molecular weight is 176 g/mol. The summed E-state index contributed by atoms with van der Waals surface area (Å²) in [6.45, 7) is 0.568. The van der Waals surface area contributed by atoms with E-state index in [0.717, 1.165) is 12.8 Å². The zero-order chi connectivity index (χ0) is 8.54. The molecule has 0 aliphatic heterocycles. The fourth-order valence-corrected chi connectivity index (χ4v) is 1.64. The maximum Gasteiger partial charge on any atom is 0.0664 e. The van der Waals surface area contributed by atoms with E-state index >= 15 is 0 Å². The van der Waals surface area contributed by atoms with Gasteiger partial charge in [-0.25, -0.2) is 4.36 Å². The number of hydrogen-bond acceptors (Lipinski definition) is 3. The normalized spacial score (nSPS) is 22.5. The Balaban J connectivity index is 2.50. The topological polar surface area (TPSA) is 55.5 Å². The fourth-order valence-electron chi connectivity index (χ4n) is 1.07. The Morgan fingerprint density at radius 2 is 2.09 bits per heavy atom. The third-order valence-electron chi connectivity index (χ3n) is 2.04. The van der Waals surface area contributed by atoms with Gasteiger partial charge in [0.25, 0.3) is 0 Å². The van der Waals surface area contributed by atoms with Gasteiger partial charge in [-0.05, 0) is 19.3 Å². The highest BCUT2D eigenvalue weighted by atomic mass is 32.2. The molecule has 1 rings (SSSR count). The van der Waals surface area contributed by atoms with Gasteiger partial charge in [-0.3, -0.25) is 4.21 Å². The van der Waals surface area contributed by atoms with Crippen molar-refractivity contribution in [1.82, 2.24) is 0 Å². The molecule has 0 atom stereocenters. The molecule has 0 aromatic heterocycles. The second-order valence-electron chi connectivity index (χ2n) is 3.68. The van der Waals surface area contributed by atoms with Gasteiger partial charge in [-0.1, -0.05) is 0 Å². The lowest BCUT2D eigenvalue weighted by Crippen LogP contribution is -2.49. The summed E-state index contributed by atoms with van der Waals surface area (Å²) in [5.41, 5.74) is 5.77. The number of hydrogen-bond donors (Lipinski definition) is 1. The Labute approximate surface area is 68.5 Å². The molecule has 4 heteroatoms. The highest BCUT2D eigenvalue weighted by Gasteiger charge is 2.32. The van der Waals surface area contributed by atoms with Crippen molar-refractivity contribution in [3.8, 4) is 0 Å². The number of rotatable bonds is 2. The van der Waals surface area contributed by atoms with Crippen LogP contribution in [-0.4, -0.2) is 28.8 Å². The Hall–Kier alpha value is -0.0900. The van der Waals surface area contributed by atoms with E-state index < -0.39 is 9.73 Å². The molecule has 2 N–H and O–H groups in total. The molecule has 0 bridgehead atoms. The largest absolute Gasteiger partial charge is 0.324 e. The lowest BCUT2D eigenvalue weighted by molar-refractivity contribution is 0.260. The SMILES string of the molecule is CS(C)(=O)=NCC1(N)CCC1. The molecule has 1 saturated carbocycles. The Bertz CT molecular complexity index is 241. The summed E-state index contributed by atoms with van der Waals surface area (Å²) in [4.78, 5) is 0. The van der Waals surface area contributed by atoms with Crippen molar-refractivity contribution in [2.45, 2.75) is 24.8 Å². The minimum Gasteiger partial charge on any atom is -0.324 e. The lowest BCUT2D eigenvalue weighted by atomic mass is 9.78. The average Bonchev–Trinajstić information content (AvgIpc) is 1.77. The molecule has 0 aromatic rings. The molecule has 1 aliphatic carbocycles. The first-order valence-corrected chi connectivity index (χ1v) is 6.16. The van der Waals surface area contributed by atoms with Gasteiger partial charge >= 0.3 is 0 Å². The highest BCUT2D eigenvalue weighted by molar-refractivity contribution is 7.92. The first-order chi connectivity index (χ1) is 4.91. The van der Waals surface area contributed by atoms with E-state index in [2.05, 4.69) is 4.36 Å². The molecule has 66 valence electrons. The summed E-state index contributed by atoms with van der Waals surface area (Å²) in [6, 6.07) is 0. The van der Waals surface area contributed by atoms with Gasteiger partial charge in [0.2, 0.25) is 0 Å². The maximum atomic E-state index is 11.2. The summed E-state index contributed by atoms with van der Waals surface area (Å²) in [7, 11) is -1.94. The van der Waals surface area contributed by atoms with E-state index in [-0.39, 0.29) is 5.54 Å². The second kappa shape index (κ2) is 2.75. The first kappa shape index (κ1) is 9.00. The quantitative estimate of drug-likeness (QED) is 0.669. The van der Waals surface area contributed by atoms with E-state index in [1.165, 1.54) is 6.42 Å². The number of nitrogens with two attached hydrogens (primary N) is 1. The minimum atomic E-state index is -1.94. The van der Waals surface area contributed by atoms with Crippen LogP contribution >= 0.6 is 0 Å². The van der Waals surface area contributed by atoms with Crippen LogP contribution in [0.1, 0.15) is 19.3 Å². The zero-order valence-corrected chi connectivity index (χ0v) is 7.99. The van der Waals surface area contributed by atoms with E-state index in [4.69, 9.17) is 5.73 Å². The van der Waals surface area contributed by atoms with Crippen LogP contribution in [0, 0.1) is 0 Å². The van der Waals surface area contributed by atoms with E-state index in [9.17, 15) is 4.21 Å². The van der Waals surface area contributed by atoms with Gasteiger partial charge in [0, 0.05) is 27.8 Å². The second-order valence-corrected chi connectivity index (χ2v) is 6.31. The van der Waals surface area contributed by atoms with E-state index in [1.807, 2.05) is 0 Å². The molecule has 0 saturated heterocycles. The third-order valence-corrected chi connectivity index (χ3v) is 2.79. The molecule has 0 spiro atoms. The van der Waals surface area contributed by atoms with Crippen LogP contribution < -0.4 is 5.73 Å². The molecule has 1 fully saturated rings. The van der Waals surface area contributed by atoms with Crippen LogP contribution in [0.3, 0.4) is 0 Å². The molecule has 0 radical (unpaired) electrons. The van der Waals surface area contributed by atoms with E-state index in [1.54, 1.807) is 12.5 Å². The molecule has 1 aliphatic rings. The predicted octanol–water partition coefficient (Wildman–Crippen LogP) is 0.595. The van der Waals surface area contributed by atoms with Crippen molar-refractivity contribution in [2.24, 2.45) is 10.1 Å². The molecule has 11 heavy (non-hydrogen) atoms. The van der Waals surface area contributed by atoms with Crippen LogP contribution in [-0.2, 0) is 9.73 Å². The van der Waals surface area contributed by atoms with E-state index in [0.29, 0.717) is 6.54 Å². The Morgan fingerprint density at radius 3 is 2.36 bits per heavy atom. The summed E-state index contributed by atoms with van der Waals surface area (Å²) < 4.78 is 15.2. The molecular formula is C7H16N2OS. The van der Waals surface area contributed by atoms with Crippen molar-refractivity contribution in [1.29, 1.82) is 0 Å². The first-order valence-electron chi connectivity index (χ1n) is 3.83. The zero-order valence-electron chi connectivity index (χ0n) is 7.17. The molecule has 0 heterocycles. The summed E-state index contributed by atoms with van der Waals surface area (Å²) in [5, 5.41) is 0. The van der Waals surface area contributed by atoms with Crippen molar-refractivity contribution in [2.75, 3.05) is 19.1 Å². The van der Waals surface area contributed by atoms with Gasteiger partial charge in [0.15, 0.2) is 0 Å². The fraction of sp³-hybridized carbons (Fsp3) is 1.00. The molecular weight excluding hydrogens is 160 g/mol. The van der Waals surface area contributed by atoms with Crippen molar-refractivity contribution >= 4 is 9.73 Å². The summed E-state index contributed by atoms with van der Waals surface area (Å²) in [6.07, 6.45) is 6.56. The highest BCUT2D eigenvalue weighted by Crippen LogP contribution is 2.29. The standard InChI is InChI=1S/C7H16N2OS/c1-11(2,10)9-6-7(8)4-3-5-7/h3-6,8H2,1-2H3. The molecule has 0 amide bonds. The van der Waals surface area contributed by atoms with Crippen molar-refractivity contribution in [3.05, 3.63) is 0 Å². The lowest BCUT2D eigenvalue weighted by Gasteiger charge is -2.36. The summed E-state index contributed by atoms with van der Waals surface area (Å²) in [5.74, 6) is 0. The van der Waals surface area contributed by atoms with Crippen LogP contribution in [0.15, 0.2) is 4.36 Å². The monoisotopic (exact) mass is 176 g/mol. The van der Waals surface area contributed by atoms with Gasteiger partial charge in [0.05, 0.1) is 6.54 Å². The van der Waals surface area contributed by atoms with Crippen LogP contribution in [0.2, 0.25) is 0 Å². The van der Waals surface area contributed by atoms with Crippen LogP contribution in [0.4, 0.5) is 0 Å². The minimum absolute atomic E-state index is 0.116. The van der Waals surface area contributed by atoms with Gasteiger partial charge in [-0.2, -0.15) is 0 Å². The number of nitrogens with zero attached hydrogens (tertiary/aromatic N) is 1. The molecule has 3 nitrogen and oxygen atoms in total. The Morgan fingerprint density at radius 1 is 1.55 bits per heavy atom.